The molecule has 0 aliphatic carbocycles. The Morgan fingerprint density at radius 3 is 2.88 bits per heavy atom. The molecule has 0 radical (unpaired) electrons. The maximum Gasteiger partial charge on any atom is 0.330 e. The highest BCUT2D eigenvalue weighted by Crippen LogP contribution is 1.95. The van der Waals surface area contributed by atoms with E-state index in [4.69, 9.17) is 5.26 Å². The van der Waals surface area contributed by atoms with E-state index in [0.717, 1.165) is 0 Å². The van der Waals surface area contributed by atoms with Gasteiger partial charge in [0.1, 0.15) is 18.4 Å². The molecular weight excluding hydrogens is 226 g/mol. The summed E-state index contributed by atoms with van der Waals surface area (Å²) in [6, 6.07) is 0.902. The smallest absolute Gasteiger partial charge is 0.330 e. The second-order valence-corrected chi connectivity index (χ2v) is 3.18. The van der Waals surface area contributed by atoms with Crippen LogP contribution in [-0.4, -0.2) is 39.8 Å². The van der Waals surface area contributed by atoms with Crippen LogP contribution < -0.4 is 5.32 Å². The van der Waals surface area contributed by atoms with Gasteiger partial charge in [-0.3, -0.25) is 4.79 Å². The lowest BCUT2D eigenvalue weighted by molar-refractivity contribution is -0.145. The predicted molar refractivity (Wildman–Crippen MR) is 54.4 cm³/mol. The van der Waals surface area contributed by atoms with Gasteiger partial charge in [0.25, 0.3) is 5.82 Å². The molecule has 1 aromatic rings. The second kappa shape index (κ2) is 5.60. The molecule has 8 nitrogen and oxygen atoms in total. The summed E-state index contributed by atoms with van der Waals surface area (Å²) >= 11 is 0. The lowest BCUT2D eigenvalue weighted by atomic mass is 10.3. The molecule has 0 spiro atoms. The van der Waals surface area contributed by atoms with Crippen LogP contribution in [0.1, 0.15) is 12.7 Å². The van der Waals surface area contributed by atoms with Crippen molar-refractivity contribution in [2.45, 2.75) is 19.5 Å². The fourth-order valence-electron chi connectivity index (χ4n) is 1.19. The third kappa shape index (κ3) is 3.57. The fraction of sp³-hybridized carbons (Fsp3) is 0.444. The molecule has 1 atom stereocenters. The Morgan fingerprint density at radius 1 is 1.71 bits per heavy atom. The number of methoxy groups -OCH3 is 1. The van der Waals surface area contributed by atoms with Crippen LogP contribution in [0.4, 0.5) is 0 Å². The number of nitrogens with one attached hydrogen (secondary N) is 1. The third-order valence-corrected chi connectivity index (χ3v) is 1.87. The zero-order valence-electron chi connectivity index (χ0n) is 9.38. The van der Waals surface area contributed by atoms with E-state index in [1.54, 1.807) is 6.07 Å². The first-order valence-corrected chi connectivity index (χ1v) is 4.71. The van der Waals surface area contributed by atoms with Crippen LogP contribution in [-0.2, 0) is 20.9 Å². The van der Waals surface area contributed by atoms with Crippen molar-refractivity contribution in [3.63, 3.8) is 0 Å². The van der Waals surface area contributed by atoms with Crippen LogP contribution in [0.15, 0.2) is 6.33 Å². The molecule has 0 aromatic carbocycles. The Kier molecular flexibility index (Phi) is 4.16. The summed E-state index contributed by atoms with van der Waals surface area (Å²) in [6.45, 7) is 1.35. The molecular formula is C9H11N5O3. The number of ether oxygens (including phenoxy) is 1. The minimum atomic E-state index is -0.856. The van der Waals surface area contributed by atoms with Crippen molar-refractivity contribution >= 4 is 11.9 Å². The number of carbonyl (C=O) groups is 2. The van der Waals surface area contributed by atoms with Crippen LogP contribution in [0.25, 0.3) is 0 Å². The summed E-state index contributed by atoms with van der Waals surface area (Å²) in [5, 5.41) is 14.7. The normalized spacial score (nSPS) is 11.4. The quantitative estimate of drug-likeness (QED) is 0.660. The van der Waals surface area contributed by atoms with Crippen LogP contribution in [0.5, 0.6) is 0 Å². The predicted octanol–water partition coefficient (Wildman–Crippen LogP) is -1.17. The molecule has 1 aromatic heterocycles. The van der Waals surface area contributed by atoms with Crippen LogP contribution >= 0.6 is 0 Å². The SMILES string of the molecule is COC(=O)C(Cn1cnc(C#N)n1)NC(C)=O. The van der Waals surface area contributed by atoms with Gasteiger partial charge in [-0.25, -0.2) is 14.5 Å². The van der Waals surface area contributed by atoms with Gasteiger partial charge in [-0.05, 0) is 0 Å². The topological polar surface area (TPSA) is 110 Å². The lowest BCUT2D eigenvalue weighted by Gasteiger charge is -2.14. The van der Waals surface area contributed by atoms with E-state index in [2.05, 4.69) is 20.1 Å². The number of aromatic nitrogens is 3. The van der Waals surface area contributed by atoms with Gasteiger partial charge >= 0.3 is 5.97 Å². The summed E-state index contributed by atoms with van der Waals surface area (Å²) in [6.07, 6.45) is 1.30. The van der Waals surface area contributed by atoms with Crippen LogP contribution in [0.2, 0.25) is 0 Å². The van der Waals surface area contributed by atoms with Crippen molar-refractivity contribution in [1.29, 1.82) is 5.26 Å². The number of amides is 1. The maximum absolute atomic E-state index is 11.4. The van der Waals surface area contributed by atoms with Crippen LogP contribution in [0, 0.1) is 11.3 Å². The van der Waals surface area contributed by atoms with Crippen molar-refractivity contribution in [2.24, 2.45) is 0 Å². The van der Waals surface area contributed by atoms with E-state index in [9.17, 15) is 9.59 Å². The zero-order valence-corrected chi connectivity index (χ0v) is 9.38. The molecule has 0 bridgehead atoms. The highest BCUT2D eigenvalue weighted by Gasteiger charge is 2.21. The average Bonchev–Trinajstić information content (AvgIpc) is 2.74. The Morgan fingerprint density at radius 2 is 2.41 bits per heavy atom. The Balaban J connectivity index is 2.75. The molecule has 1 heterocycles. The van der Waals surface area contributed by atoms with E-state index in [1.807, 2.05) is 0 Å². The molecule has 1 N–H and O–H groups in total. The summed E-state index contributed by atoms with van der Waals surface area (Å²) in [4.78, 5) is 26.0. The summed E-state index contributed by atoms with van der Waals surface area (Å²) in [5.74, 6) is -0.952. The first-order valence-electron chi connectivity index (χ1n) is 4.71. The number of rotatable bonds is 4. The van der Waals surface area contributed by atoms with E-state index in [0.29, 0.717) is 0 Å². The summed E-state index contributed by atoms with van der Waals surface area (Å²) < 4.78 is 5.83. The monoisotopic (exact) mass is 237 g/mol. The highest BCUT2D eigenvalue weighted by atomic mass is 16.5. The van der Waals surface area contributed by atoms with Gasteiger partial charge in [0, 0.05) is 6.92 Å². The highest BCUT2D eigenvalue weighted by molar-refractivity contribution is 5.83. The van der Waals surface area contributed by atoms with Gasteiger partial charge in [-0.2, -0.15) is 5.26 Å². The van der Waals surface area contributed by atoms with Crippen molar-refractivity contribution < 1.29 is 14.3 Å². The molecule has 1 unspecified atom stereocenters. The Labute approximate surface area is 97.2 Å². The van der Waals surface area contributed by atoms with Gasteiger partial charge in [0.2, 0.25) is 5.91 Å². The minimum Gasteiger partial charge on any atom is -0.467 e. The summed E-state index contributed by atoms with van der Waals surface area (Å²) in [5.41, 5.74) is 0. The number of hydrogen-bond donors (Lipinski definition) is 1. The maximum atomic E-state index is 11.4. The minimum absolute atomic E-state index is 0.00330. The number of hydrogen-bond acceptors (Lipinski definition) is 6. The number of carbonyl (C=O) groups excluding carboxylic acids is 2. The Bertz CT molecular complexity index is 461. The molecule has 0 saturated heterocycles. The molecule has 1 rings (SSSR count). The van der Waals surface area contributed by atoms with E-state index in [-0.39, 0.29) is 18.3 Å². The van der Waals surface area contributed by atoms with Crippen LogP contribution in [0.3, 0.4) is 0 Å². The largest absolute Gasteiger partial charge is 0.467 e. The first kappa shape index (κ1) is 12.6. The molecule has 90 valence electrons. The van der Waals surface area contributed by atoms with E-state index >= 15 is 0 Å². The number of nitrogens with zero attached hydrogens (tertiary/aromatic N) is 4. The second-order valence-electron chi connectivity index (χ2n) is 3.18. The third-order valence-electron chi connectivity index (χ3n) is 1.87. The molecule has 17 heavy (non-hydrogen) atoms. The Hall–Kier alpha value is -2.43. The van der Waals surface area contributed by atoms with Gasteiger partial charge < -0.3 is 10.1 Å². The number of esters is 1. The molecule has 0 aliphatic rings. The molecule has 1 amide bonds. The van der Waals surface area contributed by atoms with Crippen molar-refractivity contribution in [3.05, 3.63) is 12.2 Å². The van der Waals surface area contributed by atoms with Gasteiger partial charge in [0.05, 0.1) is 13.7 Å². The fourth-order valence-corrected chi connectivity index (χ4v) is 1.19. The van der Waals surface area contributed by atoms with E-state index < -0.39 is 12.0 Å². The van der Waals surface area contributed by atoms with Crippen molar-refractivity contribution in [2.75, 3.05) is 7.11 Å². The molecule has 0 aliphatic heterocycles. The van der Waals surface area contributed by atoms with Gasteiger partial charge in [-0.1, -0.05) is 0 Å². The van der Waals surface area contributed by atoms with Crippen molar-refractivity contribution in [1.82, 2.24) is 20.1 Å². The zero-order chi connectivity index (χ0) is 12.8. The summed E-state index contributed by atoms with van der Waals surface area (Å²) in [7, 11) is 1.22. The molecule has 0 fully saturated rings. The first-order chi connectivity index (χ1) is 8.06. The number of nitriles is 1. The van der Waals surface area contributed by atoms with Gasteiger partial charge in [0.15, 0.2) is 0 Å². The standard InChI is InChI=1S/C9H11N5O3/c1-6(15)12-7(9(16)17-2)4-14-5-11-8(3-10)13-14/h5,7H,4H2,1-2H3,(H,12,15). The molecule has 0 saturated carbocycles. The lowest BCUT2D eigenvalue weighted by Crippen LogP contribution is -2.43. The average molecular weight is 237 g/mol. The van der Waals surface area contributed by atoms with E-state index in [1.165, 1.54) is 25.0 Å². The molecule has 8 heteroatoms. The van der Waals surface area contributed by atoms with Crippen molar-refractivity contribution in [3.8, 4) is 6.07 Å². The van der Waals surface area contributed by atoms with Gasteiger partial charge in [-0.15, -0.1) is 5.10 Å².